The molecular weight excluding hydrogens is 591 g/mol. The van der Waals surface area contributed by atoms with Gasteiger partial charge in [-0.25, -0.2) is 0 Å². The second-order valence-corrected chi connectivity index (χ2v) is 12.9. The van der Waals surface area contributed by atoms with E-state index in [-0.39, 0.29) is 0 Å². The van der Waals surface area contributed by atoms with Crippen LogP contribution in [0, 0.1) is 0 Å². The number of nitrogens with zero attached hydrogens (tertiary/aromatic N) is 1. The summed E-state index contributed by atoms with van der Waals surface area (Å²) in [6.45, 7) is 0. The van der Waals surface area contributed by atoms with Crippen molar-refractivity contribution in [1.82, 2.24) is 0 Å². The first-order valence-electron chi connectivity index (χ1n) is 16.9. The van der Waals surface area contributed by atoms with E-state index in [0.717, 1.165) is 17.1 Å². The summed E-state index contributed by atoms with van der Waals surface area (Å²) in [6, 6.07) is 68.8. The highest BCUT2D eigenvalue weighted by Gasteiger charge is 2.17. The molecular formula is C48H31N. The van der Waals surface area contributed by atoms with E-state index in [1.807, 2.05) is 0 Å². The predicted octanol–water partition coefficient (Wildman–Crippen LogP) is 13.7. The Hall–Kier alpha value is -6.44. The minimum absolute atomic E-state index is 1.12. The van der Waals surface area contributed by atoms with Gasteiger partial charge < -0.3 is 4.90 Å². The molecule has 10 aromatic rings. The quantitative estimate of drug-likeness (QED) is 0.177. The molecule has 0 unspecified atom stereocenters. The lowest BCUT2D eigenvalue weighted by atomic mass is 9.92. The molecule has 0 aliphatic heterocycles. The Morgan fingerprint density at radius 1 is 0.286 bits per heavy atom. The van der Waals surface area contributed by atoms with E-state index < -0.39 is 0 Å². The van der Waals surface area contributed by atoms with Gasteiger partial charge in [-0.2, -0.15) is 0 Å². The molecule has 0 fully saturated rings. The van der Waals surface area contributed by atoms with Crippen LogP contribution in [0.5, 0.6) is 0 Å². The third-order valence-corrected chi connectivity index (χ3v) is 10.2. The first-order chi connectivity index (χ1) is 24.3. The van der Waals surface area contributed by atoms with Crippen LogP contribution in [-0.2, 0) is 0 Å². The lowest BCUT2D eigenvalue weighted by Crippen LogP contribution is -2.10. The first kappa shape index (κ1) is 27.7. The van der Waals surface area contributed by atoms with Gasteiger partial charge in [-0.05, 0) is 101 Å². The van der Waals surface area contributed by atoms with Crippen LogP contribution in [0.3, 0.4) is 0 Å². The Kier molecular flexibility index (Phi) is 6.25. The summed E-state index contributed by atoms with van der Waals surface area (Å²) in [5.41, 5.74) is 5.87. The maximum atomic E-state index is 2.41. The molecule has 0 aliphatic rings. The molecule has 0 amide bonds. The van der Waals surface area contributed by atoms with Crippen LogP contribution < -0.4 is 4.90 Å². The maximum Gasteiger partial charge on any atom is 0.0540 e. The molecule has 10 rings (SSSR count). The summed E-state index contributed by atoms with van der Waals surface area (Å²) in [5, 5.41) is 15.2. The van der Waals surface area contributed by atoms with E-state index in [0.29, 0.717) is 0 Å². The highest BCUT2D eigenvalue weighted by atomic mass is 15.1. The van der Waals surface area contributed by atoms with Gasteiger partial charge in [0.05, 0.1) is 5.69 Å². The van der Waals surface area contributed by atoms with Gasteiger partial charge in [0.1, 0.15) is 0 Å². The number of rotatable bonds is 4. The number of anilines is 3. The molecule has 0 spiro atoms. The van der Waals surface area contributed by atoms with Gasteiger partial charge in [0.15, 0.2) is 0 Å². The van der Waals surface area contributed by atoms with Crippen molar-refractivity contribution in [1.29, 1.82) is 0 Å². The van der Waals surface area contributed by atoms with Gasteiger partial charge in [-0.3, -0.25) is 0 Å². The number of benzene rings is 10. The van der Waals surface area contributed by atoms with Crippen LogP contribution in [0.15, 0.2) is 188 Å². The zero-order valence-corrected chi connectivity index (χ0v) is 26.8. The third kappa shape index (κ3) is 4.47. The molecule has 0 heterocycles. The monoisotopic (exact) mass is 621 g/mol. The van der Waals surface area contributed by atoms with Crippen LogP contribution in [0.1, 0.15) is 0 Å². The molecule has 0 saturated carbocycles. The molecule has 10 aromatic carbocycles. The van der Waals surface area contributed by atoms with E-state index in [2.05, 4.69) is 193 Å². The zero-order valence-electron chi connectivity index (χ0n) is 26.8. The predicted molar refractivity (Wildman–Crippen MR) is 212 cm³/mol. The Morgan fingerprint density at radius 2 is 0.776 bits per heavy atom. The molecule has 0 radical (unpaired) electrons. The highest BCUT2D eigenvalue weighted by molar-refractivity contribution is 6.27. The van der Waals surface area contributed by atoms with E-state index in [1.165, 1.54) is 75.8 Å². The third-order valence-electron chi connectivity index (χ3n) is 10.2. The van der Waals surface area contributed by atoms with Crippen molar-refractivity contribution < 1.29 is 0 Å². The Balaban J connectivity index is 1.19. The average Bonchev–Trinajstić information content (AvgIpc) is 3.17. The van der Waals surface area contributed by atoms with Gasteiger partial charge >= 0.3 is 0 Å². The number of fused-ring (bicyclic) bond motifs is 9. The van der Waals surface area contributed by atoms with Gasteiger partial charge in [0.2, 0.25) is 0 Å². The van der Waals surface area contributed by atoms with Crippen molar-refractivity contribution in [3.8, 4) is 11.1 Å². The van der Waals surface area contributed by atoms with Crippen LogP contribution >= 0.6 is 0 Å². The lowest BCUT2D eigenvalue weighted by Gasteiger charge is -2.27. The summed E-state index contributed by atoms with van der Waals surface area (Å²) in [7, 11) is 0. The smallest absolute Gasteiger partial charge is 0.0540 e. The largest absolute Gasteiger partial charge is 0.310 e. The summed E-state index contributed by atoms with van der Waals surface area (Å²) in [5.74, 6) is 0. The van der Waals surface area contributed by atoms with Gasteiger partial charge in [-0.1, -0.05) is 158 Å². The molecule has 0 bridgehead atoms. The Labute approximate surface area is 284 Å². The van der Waals surface area contributed by atoms with E-state index in [4.69, 9.17) is 0 Å². The summed E-state index contributed by atoms with van der Waals surface area (Å²) in [4.78, 5) is 2.41. The molecule has 49 heavy (non-hydrogen) atoms. The van der Waals surface area contributed by atoms with Crippen molar-refractivity contribution in [3.05, 3.63) is 188 Å². The summed E-state index contributed by atoms with van der Waals surface area (Å²) < 4.78 is 0. The van der Waals surface area contributed by atoms with Crippen molar-refractivity contribution >= 4 is 81.7 Å². The maximum absolute atomic E-state index is 2.41. The minimum atomic E-state index is 1.12. The zero-order chi connectivity index (χ0) is 32.3. The number of hydrogen-bond donors (Lipinski definition) is 0. The molecule has 0 N–H and O–H groups in total. The topological polar surface area (TPSA) is 3.24 Å². The molecule has 0 atom stereocenters. The number of hydrogen-bond acceptors (Lipinski definition) is 1. The fourth-order valence-electron chi connectivity index (χ4n) is 7.87. The summed E-state index contributed by atoms with van der Waals surface area (Å²) in [6.07, 6.45) is 0. The van der Waals surface area contributed by atoms with E-state index in [1.54, 1.807) is 0 Å². The van der Waals surface area contributed by atoms with Crippen molar-refractivity contribution in [2.75, 3.05) is 4.90 Å². The second-order valence-electron chi connectivity index (χ2n) is 12.9. The average molecular weight is 622 g/mol. The van der Waals surface area contributed by atoms with Crippen molar-refractivity contribution in [3.63, 3.8) is 0 Å². The SMILES string of the molecule is c1ccc2c(-c3ccc(N(c4ccc5c(ccc6ccc7ccc8ccccc8c7c65)c4)c4cccc5ccccc45)cc3)cccc2c1. The second kappa shape index (κ2) is 11.1. The highest BCUT2D eigenvalue weighted by Crippen LogP contribution is 2.43. The standard InChI is InChI=1S/C48H31N/c1-4-14-41-32(9-1)12-7-17-42(41)35-25-27-39(28-26-35)49(46-18-8-13-33-10-2-5-15-43(33)46)40-29-30-45-38(31-40)24-23-37-22-21-36-20-19-34-11-3-6-16-44(34)47(36)48(37)45/h1-31H. The first-order valence-corrected chi connectivity index (χ1v) is 16.9. The van der Waals surface area contributed by atoms with Crippen LogP contribution in [-0.4, -0.2) is 0 Å². The van der Waals surface area contributed by atoms with E-state index in [9.17, 15) is 0 Å². The van der Waals surface area contributed by atoms with Crippen LogP contribution in [0.25, 0.3) is 75.8 Å². The Morgan fingerprint density at radius 3 is 1.49 bits per heavy atom. The fourth-order valence-corrected chi connectivity index (χ4v) is 7.87. The van der Waals surface area contributed by atoms with Crippen LogP contribution in [0.4, 0.5) is 17.1 Å². The lowest BCUT2D eigenvalue weighted by molar-refractivity contribution is 1.30. The van der Waals surface area contributed by atoms with Gasteiger partial charge in [0, 0.05) is 16.8 Å². The summed E-state index contributed by atoms with van der Waals surface area (Å²) >= 11 is 0. The molecule has 1 nitrogen and oxygen atoms in total. The molecule has 0 aliphatic carbocycles. The van der Waals surface area contributed by atoms with Gasteiger partial charge in [-0.15, -0.1) is 0 Å². The minimum Gasteiger partial charge on any atom is -0.310 e. The van der Waals surface area contributed by atoms with E-state index >= 15 is 0 Å². The van der Waals surface area contributed by atoms with Crippen LogP contribution in [0.2, 0.25) is 0 Å². The normalized spacial score (nSPS) is 11.7. The molecule has 0 saturated heterocycles. The Bertz CT molecular complexity index is 2870. The van der Waals surface area contributed by atoms with Gasteiger partial charge in [0.25, 0.3) is 0 Å². The fraction of sp³-hybridized carbons (Fsp3) is 0. The molecule has 1 heteroatoms. The molecule has 0 aromatic heterocycles. The van der Waals surface area contributed by atoms with Crippen molar-refractivity contribution in [2.45, 2.75) is 0 Å². The molecule has 228 valence electrons. The van der Waals surface area contributed by atoms with Crippen molar-refractivity contribution in [2.24, 2.45) is 0 Å².